The maximum Gasteiger partial charge on any atom is 0.262 e. The highest BCUT2D eigenvalue weighted by molar-refractivity contribution is 6.42. The topological polar surface area (TPSA) is 64.3 Å². The summed E-state index contributed by atoms with van der Waals surface area (Å²) < 4.78 is 5.32. The SMILES string of the molecule is Nc1ccc(OCC(=O)Nc2ccc(Cl)c(Cl)c2)cc1. The largest absolute Gasteiger partial charge is 0.484 e. The number of halogens is 2. The molecule has 0 aliphatic carbocycles. The summed E-state index contributed by atoms with van der Waals surface area (Å²) in [6.07, 6.45) is 0. The van der Waals surface area contributed by atoms with Gasteiger partial charge in [0.05, 0.1) is 10.0 Å². The quantitative estimate of drug-likeness (QED) is 0.848. The van der Waals surface area contributed by atoms with Crippen LogP contribution in [0.25, 0.3) is 0 Å². The standard InChI is InChI=1S/C14H12Cl2N2O2/c15-12-6-3-10(7-13(12)16)18-14(19)8-20-11-4-1-9(17)2-5-11/h1-7H,8,17H2,(H,18,19). The van der Waals surface area contributed by atoms with Gasteiger partial charge in [0, 0.05) is 11.4 Å². The van der Waals surface area contributed by atoms with Crippen molar-refractivity contribution in [1.29, 1.82) is 0 Å². The van der Waals surface area contributed by atoms with Gasteiger partial charge in [0.2, 0.25) is 0 Å². The smallest absolute Gasteiger partial charge is 0.262 e. The summed E-state index contributed by atoms with van der Waals surface area (Å²) in [5.74, 6) is 0.281. The maximum atomic E-state index is 11.7. The van der Waals surface area contributed by atoms with Gasteiger partial charge < -0.3 is 15.8 Å². The summed E-state index contributed by atoms with van der Waals surface area (Å²) in [5.41, 5.74) is 6.75. The van der Waals surface area contributed by atoms with Crippen LogP contribution in [-0.4, -0.2) is 12.5 Å². The van der Waals surface area contributed by atoms with E-state index in [2.05, 4.69) is 5.32 Å². The fourth-order valence-corrected chi connectivity index (χ4v) is 1.78. The average Bonchev–Trinajstić information content (AvgIpc) is 2.42. The molecule has 0 aliphatic heterocycles. The zero-order valence-electron chi connectivity index (χ0n) is 10.4. The number of carbonyl (C=O) groups excluding carboxylic acids is 1. The fourth-order valence-electron chi connectivity index (χ4n) is 1.48. The minimum atomic E-state index is -0.291. The van der Waals surface area contributed by atoms with Crippen LogP contribution in [0.4, 0.5) is 11.4 Å². The van der Waals surface area contributed by atoms with E-state index in [-0.39, 0.29) is 12.5 Å². The molecule has 0 unspecified atom stereocenters. The molecule has 0 saturated carbocycles. The minimum absolute atomic E-state index is 0.107. The van der Waals surface area contributed by atoms with Crippen LogP contribution in [0.1, 0.15) is 0 Å². The molecule has 3 N–H and O–H groups in total. The van der Waals surface area contributed by atoms with Crippen molar-refractivity contribution in [3.05, 3.63) is 52.5 Å². The second-order valence-electron chi connectivity index (χ2n) is 4.03. The van der Waals surface area contributed by atoms with Crippen LogP contribution in [0.2, 0.25) is 10.0 Å². The van der Waals surface area contributed by atoms with Crippen LogP contribution < -0.4 is 15.8 Å². The lowest BCUT2D eigenvalue weighted by Gasteiger charge is -2.08. The number of carbonyl (C=O) groups is 1. The lowest BCUT2D eigenvalue weighted by atomic mass is 10.3. The lowest BCUT2D eigenvalue weighted by Crippen LogP contribution is -2.20. The van der Waals surface area contributed by atoms with Crippen molar-refractivity contribution in [3.63, 3.8) is 0 Å². The van der Waals surface area contributed by atoms with Crippen LogP contribution in [0.15, 0.2) is 42.5 Å². The number of nitrogen functional groups attached to an aromatic ring is 1. The molecule has 0 aromatic heterocycles. The highest BCUT2D eigenvalue weighted by atomic mass is 35.5. The maximum absolute atomic E-state index is 11.7. The number of hydrogen-bond acceptors (Lipinski definition) is 3. The Morgan fingerprint density at radius 1 is 1.10 bits per heavy atom. The van der Waals surface area contributed by atoms with Crippen LogP contribution in [-0.2, 0) is 4.79 Å². The molecule has 6 heteroatoms. The zero-order valence-corrected chi connectivity index (χ0v) is 11.9. The van der Waals surface area contributed by atoms with E-state index in [4.69, 9.17) is 33.7 Å². The molecule has 0 fully saturated rings. The Morgan fingerprint density at radius 2 is 1.80 bits per heavy atom. The molecule has 0 saturated heterocycles. The zero-order chi connectivity index (χ0) is 14.5. The molecule has 0 atom stereocenters. The number of anilines is 2. The van der Waals surface area contributed by atoms with E-state index in [1.165, 1.54) is 0 Å². The number of hydrogen-bond donors (Lipinski definition) is 2. The Kier molecular flexibility index (Phi) is 4.71. The van der Waals surface area contributed by atoms with E-state index in [1.54, 1.807) is 42.5 Å². The van der Waals surface area contributed by atoms with E-state index < -0.39 is 0 Å². The van der Waals surface area contributed by atoms with Gasteiger partial charge in [-0.3, -0.25) is 4.79 Å². The summed E-state index contributed by atoms with van der Waals surface area (Å²) in [5, 5.41) is 3.47. The monoisotopic (exact) mass is 310 g/mol. The first-order valence-corrected chi connectivity index (χ1v) is 6.53. The lowest BCUT2D eigenvalue weighted by molar-refractivity contribution is -0.118. The number of rotatable bonds is 4. The molecule has 0 radical (unpaired) electrons. The Labute approximate surface area is 126 Å². The molecular formula is C14H12Cl2N2O2. The molecule has 2 aromatic rings. The number of nitrogens with two attached hydrogens (primary N) is 1. The molecule has 2 rings (SSSR count). The highest BCUT2D eigenvalue weighted by Gasteiger charge is 2.05. The van der Waals surface area contributed by atoms with Crippen LogP contribution in [0, 0.1) is 0 Å². The predicted octanol–water partition coefficient (Wildman–Crippen LogP) is 3.59. The first-order chi connectivity index (χ1) is 9.54. The van der Waals surface area contributed by atoms with Crippen molar-refractivity contribution >= 4 is 40.5 Å². The van der Waals surface area contributed by atoms with Gasteiger partial charge in [-0.1, -0.05) is 23.2 Å². The van der Waals surface area contributed by atoms with Crippen LogP contribution >= 0.6 is 23.2 Å². The Morgan fingerprint density at radius 3 is 2.45 bits per heavy atom. The van der Waals surface area contributed by atoms with Crippen LogP contribution in [0.3, 0.4) is 0 Å². The van der Waals surface area contributed by atoms with Gasteiger partial charge in [-0.15, -0.1) is 0 Å². The van der Waals surface area contributed by atoms with E-state index in [1.807, 2.05) is 0 Å². The number of nitrogens with one attached hydrogen (secondary N) is 1. The molecule has 104 valence electrons. The van der Waals surface area contributed by atoms with Gasteiger partial charge >= 0.3 is 0 Å². The second kappa shape index (κ2) is 6.50. The average molecular weight is 311 g/mol. The molecule has 0 heterocycles. The molecule has 0 aliphatic rings. The van der Waals surface area contributed by atoms with E-state index >= 15 is 0 Å². The highest BCUT2D eigenvalue weighted by Crippen LogP contribution is 2.24. The normalized spacial score (nSPS) is 10.1. The van der Waals surface area contributed by atoms with Crippen molar-refractivity contribution in [2.45, 2.75) is 0 Å². The van der Waals surface area contributed by atoms with Crippen molar-refractivity contribution in [1.82, 2.24) is 0 Å². The Hall–Kier alpha value is -1.91. The van der Waals surface area contributed by atoms with Crippen LogP contribution in [0.5, 0.6) is 5.75 Å². The summed E-state index contributed by atoms with van der Waals surface area (Å²) in [6, 6.07) is 11.6. The number of benzene rings is 2. The third-order valence-electron chi connectivity index (χ3n) is 2.45. The number of amides is 1. The molecule has 4 nitrogen and oxygen atoms in total. The molecule has 0 spiro atoms. The molecular weight excluding hydrogens is 299 g/mol. The summed E-state index contributed by atoms with van der Waals surface area (Å²) >= 11 is 11.7. The van der Waals surface area contributed by atoms with Crippen molar-refractivity contribution in [2.24, 2.45) is 0 Å². The van der Waals surface area contributed by atoms with Gasteiger partial charge in [0.15, 0.2) is 6.61 Å². The fraction of sp³-hybridized carbons (Fsp3) is 0.0714. The van der Waals surface area contributed by atoms with Gasteiger partial charge in [-0.2, -0.15) is 0 Å². The predicted molar refractivity (Wildman–Crippen MR) is 81.4 cm³/mol. The van der Waals surface area contributed by atoms with E-state index in [0.29, 0.717) is 27.2 Å². The molecule has 20 heavy (non-hydrogen) atoms. The van der Waals surface area contributed by atoms with Crippen molar-refractivity contribution in [3.8, 4) is 5.75 Å². The van der Waals surface area contributed by atoms with Gasteiger partial charge in [-0.25, -0.2) is 0 Å². The Balaban J connectivity index is 1.89. The minimum Gasteiger partial charge on any atom is -0.484 e. The summed E-state index contributed by atoms with van der Waals surface area (Å²) in [4.78, 5) is 11.7. The summed E-state index contributed by atoms with van der Waals surface area (Å²) in [7, 11) is 0. The van der Waals surface area contributed by atoms with Gasteiger partial charge in [-0.05, 0) is 42.5 Å². The first kappa shape index (κ1) is 14.5. The first-order valence-electron chi connectivity index (χ1n) is 5.78. The van der Waals surface area contributed by atoms with E-state index in [9.17, 15) is 4.79 Å². The molecule has 2 aromatic carbocycles. The molecule has 0 bridgehead atoms. The third-order valence-corrected chi connectivity index (χ3v) is 3.19. The van der Waals surface area contributed by atoms with Crippen molar-refractivity contribution in [2.75, 3.05) is 17.7 Å². The Bertz CT molecular complexity index is 615. The van der Waals surface area contributed by atoms with Gasteiger partial charge in [0.1, 0.15) is 5.75 Å². The summed E-state index contributed by atoms with van der Waals surface area (Å²) in [6.45, 7) is -0.107. The van der Waals surface area contributed by atoms with Gasteiger partial charge in [0.25, 0.3) is 5.91 Å². The second-order valence-corrected chi connectivity index (χ2v) is 4.85. The third kappa shape index (κ3) is 4.05. The number of ether oxygens (including phenoxy) is 1. The molecule has 1 amide bonds. The van der Waals surface area contributed by atoms with Crippen molar-refractivity contribution < 1.29 is 9.53 Å². The van der Waals surface area contributed by atoms with E-state index in [0.717, 1.165) is 0 Å².